The number of nitro benzene ring substituents is 1. The van der Waals surface area contributed by atoms with Crippen LogP contribution in [-0.4, -0.2) is 23.4 Å². The summed E-state index contributed by atoms with van der Waals surface area (Å²) in [6.07, 6.45) is 0. The molecule has 0 radical (unpaired) electrons. The molecule has 0 saturated heterocycles. The van der Waals surface area contributed by atoms with E-state index in [0.29, 0.717) is 0 Å². The summed E-state index contributed by atoms with van der Waals surface area (Å²) in [5.74, 6) is -1.24. The molecule has 0 aliphatic rings. The van der Waals surface area contributed by atoms with Crippen molar-refractivity contribution in [1.82, 2.24) is 5.32 Å². The Morgan fingerprint density at radius 2 is 2.17 bits per heavy atom. The molecule has 0 aliphatic heterocycles. The number of rotatable bonds is 5. The molecule has 1 rings (SSSR count). The normalized spacial score (nSPS) is 10.4. The molecule has 2 N–H and O–H groups in total. The quantitative estimate of drug-likeness (QED) is 0.619. The minimum atomic E-state index is -0.831. The maximum absolute atomic E-state index is 13.4. The standard InChI is InChI=1S/C11H14FN3O3/c1-7(2)13-6-11(16)14-10-4-3-8(15(17)18)5-9(10)12/h3-5,7,13H,6H2,1-2H3,(H,14,16). The van der Waals surface area contributed by atoms with Gasteiger partial charge in [0.1, 0.15) is 0 Å². The zero-order valence-electron chi connectivity index (χ0n) is 10.1. The Kier molecular flexibility index (Phi) is 4.73. The fraction of sp³-hybridized carbons (Fsp3) is 0.364. The minimum Gasteiger partial charge on any atom is -0.322 e. The predicted molar refractivity (Wildman–Crippen MR) is 64.8 cm³/mol. The number of non-ortho nitro benzene ring substituents is 1. The zero-order valence-corrected chi connectivity index (χ0v) is 10.1. The largest absolute Gasteiger partial charge is 0.322 e. The summed E-state index contributed by atoms with van der Waals surface area (Å²) < 4.78 is 13.4. The molecule has 0 spiro atoms. The van der Waals surface area contributed by atoms with Crippen molar-refractivity contribution in [2.24, 2.45) is 0 Å². The summed E-state index contributed by atoms with van der Waals surface area (Å²) in [5.41, 5.74) is -0.429. The van der Waals surface area contributed by atoms with Crippen LogP contribution >= 0.6 is 0 Å². The van der Waals surface area contributed by atoms with Crippen LogP contribution in [0, 0.1) is 15.9 Å². The molecule has 0 aliphatic carbocycles. The van der Waals surface area contributed by atoms with E-state index < -0.39 is 16.6 Å². The van der Waals surface area contributed by atoms with Gasteiger partial charge in [0.05, 0.1) is 23.2 Å². The van der Waals surface area contributed by atoms with Gasteiger partial charge in [-0.25, -0.2) is 4.39 Å². The van der Waals surface area contributed by atoms with Crippen LogP contribution in [0.4, 0.5) is 15.8 Å². The van der Waals surface area contributed by atoms with Crippen molar-refractivity contribution in [2.75, 3.05) is 11.9 Å². The molecule has 0 aromatic heterocycles. The SMILES string of the molecule is CC(C)NCC(=O)Nc1ccc([N+](=O)[O-])cc1F. The fourth-order valence-corrected chi connectivity index (χ4v) is 1.21. The highest BCUT2D eigenvalue weighted by atomic mass is 19.1. The lowest BCUT2D eigenvalue weighted by Crippen LogP contribution is -2.32. The van der Waals surface area contributed by atoms with Gasteiger partial charge in [-0.1, -0.05) is 13.8 Å². The van der Waals surface area contributed by atoms with Gasteiger partial charge in [-0.3, -0.25) is 14.9 Å². The Labute approximate surface area is 103 Å². The van der Waals surface area contributed by atoms with E-state index in [0.717, 1.165) is 12.1 Å². The molecule has 7 heteroatoms. The third-order valence-electron chi connectivity index (χ3n) is 2.11. The average Bonchev–Trinajstić information content (AvgIpc) is 2.29. The highest BCUT2D eigenvalue weighted by molar-refractivity contribution is 5.92. The Balaban J connectivity index is 2.68. The molecule has 1 amide bonds. The van der Waals surface area contributed by atoms with Crippen LogP contribution in [0.5, 0.6) is 0 Å². The minimum absolute atomic E-state index is 0.0497. The maximum atomic E-state index is 13.4. The van der Waals surface area contributed by atoms with E-state index in [1.165, 1.54) is 6.07 Å². The Morgan fingerprint density at radius 1 is 1.50 bits per heavy atom. The molecular formula is C11H14FN3O3. The first-order valence-corrected chi connectivity index (χ1v) is 5.37. The van der Waals surface area contributed by atoms with Crippen LogP contribution in [-0.2, 0) is 4.79 Å². The van der Waals surface area contributed by atoms with E-state index in [4.69, 9.17) is 0 Å². The van der Waals surface area contributed by atoms with Gasteiger partial charge >= 0.3 is 0 Å². The van der Waals surface area contributed by atoms with E-state index in [1.807, 2.05) is 13.8 Å². The summed E-state index contributed by atoms with van der Waals surface area (Å²) in [4.78, 5) is 21.1. The molecule has 18 heavy (non-hydrogen) atoms. The van der Waals surface area contributed by atoms with Crippen LogP contribution in [0.15, 0.2) is 18.2 Å². The van der Waals surface area contributed by atoms with E-state index in [1.54, 1.807) is 0 Å². The Hall–Kier alpha value is -2.02. The number of nitrogens with zero attached hydrogens (tertiary/aromatic N) is 1. The lowest BCUT2D eigenvalue weighted by atomic mass is 10.2. The Bertz CT molecular complexity index is 463. The fourth-order valence-electron chi connectivity index (χ4n) is 1.21. The van der Waals surface area contributed by atoms with Crippen LogP contribution in [0.25, 0.3) is 0 Å². The molecule has 0 fully saturated rings. The van der Waals surface area contributed by atoms with Gasteiger partial charge in [-0.15, -0.1) is 0 Å². The lowest BCUT2D eigenvalue weighted by Gasteiger charge is -2.09. The summed E-state index contributed by atoms with van der Waals surface area (Å²) >= 11 is 0. The van der Waals surface area contributed by atoms with E-state index in [9.17, 15) is 19.3 Å². The number of carbonyl (C=O) groups is 1. The average molecular weight is 255 g/mol. The van der Waals surface area contributed by atoms with Crippen molar-refractivity contribution in [3.05, 3.63) is 34.1 Å². The van der Waals surface area contributed by atoms with Gasteiger partial charge in [0.15, 0.2) is 5.82 Å². The number of amides is 1. The van der Waals surface area contributed by atoms with Crippen molar-refractivity contribution in [1.29, 1.82) is 0 Å². The lowest BCUT2D eigenvalue weighted by molar-refractivity contribution is -0.385. The first-order valence-electron chi connectivity index (χ1n) is 5.37. The maximum Gasteiger partial charge on any atom is 0.272 e. The number of nitro groups is 1. The first-order chi connectivity index (χ1) is 8.40. The number of halogens is 1. The molecule has 98 valence electrons. The smallest absolute Gasteiger partial charge is 0.272 e. The second kappa shape index (κ2) is 6.06. The number of anilines is 1. The molecule has 0 saturated carbocycles. The molecule has 1 aromatic rings. The molecule has 0 bridgehead atoms. The van der Waals surface area contributed by atoms with Gasteiger partial charge in [-0.2, -0.15) is 0 Å². The van der Waals surface area contributed by atoms with Crippen molar-refractivity contribution >= 4 is 17.3 Å². The van der Waals surface area contributed by atoms with Crippen LogP contribution in [0.1, 0.15) is 13.8 Å². The molecule has 6 nitrogen and oxygen atoms in total. The molecule has 0 heterocycles. The van der Waals surface area contributed by atoms with Gasteiger partial charge in [-0.05, 0) is 6.07 Å². The van der Waals surface area contributed by atoms with Crippen molar-refractivity contribution in [3.63, 3.8) is 0 Å². The topological polar surface area (TPSA) is 84.3 Å². The van der Waals surface area contributed by atoms with Crippen LogP contribution in [0.2, 0.25) is 0 Å². The number of hydrogen-bond acceptors (Lipinski definition) is 4. The van der Waals surface area contributed by atoms with Crippen molar-refractivity contribution in [2.45, 2.75) is 19.9 Å². The van der Waals surface area contributed by atoms with Crippen molar-refractivity contribution in [3.8, 4) is 0 Å². The van der Waals surface area contributed by atoms with Crippen molar-refractivity contribution < 1.29 is 14.1 Å². The van der Waals surface area contributed by atoms with E-state index in [-0.39, 0.29) is 24.0 Å². The van der Waals surface area contributed by atoms with Crippen LogP contribution in [0.3, 0.4) is 0 Å². The van der Waals surface area contributed by atoms with Gasteiger partial charge in [0, 0.05) is 12.1 Å². The highest BCUT2D eigenvalue weighted by Crippen LogP contribution is 2.20. The first kappa shape index (κ1) is 14.0. The number of nitrogens with one attached hydrogen (secondary N) is 2. The Morgan fingerprint density at radius 3 is 2.67 bits per heavy atom. The monoisotopic (exact) mass is 255 g/mol. The summed E-state index contributed by atoms with van der Waals surface area (Å²) in [5, 5.41) is 15.6. The third-order valence-corrected chi connectivity index (χ3v) is 2.11. The van der Waals surface area contributed by atoms with Gasteiger partial charge in [0.25, 0.3) is 5.69 Å². The van der Waals surface area contributed by atoms with Gasteiger partial charge in [0.2, 0.25) is 5.91 Å². The third kappa shape index (κ3) is 4.10. The number of benzene rings is 1. The number of carbonyl (C=O) groups excluding carboxylic acids is 1. The van der Waals surface area contributed by atoms with Crippen LogP contribution < -0.4 is 10.6 Å². The van der Waals surface area contributed by atoms with E-state index >= 15 is 0 Å². The molecular weight excluding hydrogens is 241 g/mol. The second-order valence-corrected chi connectivity index (χ2v) is 4.01. The second-order valence-electron chi connectivity index (χ2n) is 4.01. The zero-order chi connectivity index (χ0) is 13.7. The number of hydrogen-bond donors (Lipinski definition) is 2. The summed E-state index contributed by atoms with van der Waals surface area (Å²) in [6.45, 7) is 3.80. The van der Waals surface area contributed by atoms with E-state index in [2.05, 4.69) is 10.6 Å². The highest BCUT2D eigenvalue weighted by Gasteiger charge is 2.12. The molecule has 1 aromatic carbocycles. The predicted octanol–water partition coefficient (Wildman–Crippen LogP) is 1.67. The summed E-state index contributed by atoms with van der Waals surface area (Å²) in [6, 6.07) is 3.21. The molecule has 0 atom stereocenters. The molecule has 0 unspecified atom stereocenters. The summed E-state index contributed by atoms with van der Waals surface area (Å²) in [7, 11) is 0. The van der Waals surface area contributed by atoms with Gasteiger partial charge < -0.3 is 10.6 Å².